The monoisotopic (exact) mass is 290 g/mol. The Morgan fingerprint density at radius 2 is 1.71 bits per heavy atom. The van der Waals surface area contributed by atoms with Crippen LogP contribution in [0.4, 0.5) is 0 Å². The first kappa shape index (κ1) is 14.2. The van der Waals surface area contributed by atoms with E-state index in [0.717, 1.165) is 43.4 Å². The Labute approximate surface area is 128 Å². The summed E-state index contributed by atoms with van der Waals surface area (Å²) in [5, 5.41) is 10.5. The average molecular weight is 290 g/mol. The molecule has 0 aromatic rings. The number of aliphatic hydroxyl groups is 1. The van der Waals surface area contributed by atoms with Gasteiger partial charge >= 0.3 is 0 Å². The Kier molecular flexibility index (Phi) is 3.10. The van der Waals surface area contributed by atoms with Crippen molar-refractivity contribution in [3.05, 3.63) is 0 Å². The third-order valence-corrected chi connectivity index (χ3v) is 8.43. The minimum atomic E-state index is -0.0677. The molecule has 0 radical (unpaired) electrons. The standard InChI is InChI=1S/C19H30O2/c1-18-9-7-13(20)11-12(18)3-4-14-15-5-6-17(21)19(15,2)10-8-16(14)18/h12,14-17,21H,3-11H2,1-2H3/t12-,14+,15+,16+,17-,18+,19+/m1/s1. The lowest BCUT2D eigenvalue weighted by atomic mass is 9.45. The number of rotatable bonds is 0. The van der Waals surface area contributed by atoms with Crippen molar-refractivity contribution in [2.24, 2.45) is 34.5 Å². The lowest BCUT2D eigenvalue weighted by molar-refractivity contribution is -0.141. The van der Waals surface area contributed by atoms with Crippen LogP contribution in [0.15, 0.2) is 0 Å². The highest BCUT2D eigenvalue weighted by Crippen LogP contribution is 2.65. The van der Waals surface area contributed by atoms with E-state index in [2.05, 4.69) is 13.8 Å². The van der Waals surface area contributed by atoms with Crippen LogP contribution in [-0.4, -0.2) is 17.0 Å². The van der Waals surface area contributed by atoms with Gasteiger partial charge in [0.05, 0.1) is 6.10 Å². The Balaban J connectivity index is 1.64. The number of carbonyl (C=O) groups is 1. The number of aliphatic hydroxyl groups excluding tert-OH is 1. The maximum Gasteiger partial charge on any atom is 0.133 e. The molecular formula is C19H30O2. The summed E-state index contributed by atoms with van der Waals surface area (Å²) in [5.41, 5.74) is 0.598. The minimum absolute atomic E-state index is 0.0677. The zero-order valence-electron chi connectivity index (χ0n) is 13.6. The molecule has 4 aliphatic rings. The number of hydrogen-bond acceptors (Lipinski definition) is 2. The Hall–Kier alpha value is -0.370. The average Bonchev–Trinajstić information content (AvgIpc) is 2.76. The maximum atomic E-state index is 11.9. The van der Waals surface area contributed by atoms with E-state index < -0.39 is 0 Å². The van der Waals surface area contributed by atoms with Crippen LogP contribution >= 0.6 is 0 Å². The second-order valence-corrected chi connectivity index (χ2v) is 9.04. The van der Waals surface area contributed by atoms with Gasteiger partial charge in [0.25, 0.3) is 0 Å². The molecule has 4 rings (SSSR count). The summed E-state index contributed by atoms with van der Waals surface area (Å²) in [6.45, 7) is 4.85. The molecule has 0 aliphatic heterocycles. The topological polar surface area (TPSA) is 37.3 Å². The smallest absolute Gasteiger partial charge is 0.133 e. The second-order valence-electron chi connectivity index (χ2n) is 9.04. The summed E-state index contributed by atoms with van der Waals surface area (Å²) < 4.78 is 0. The summed E-state index contributed by atoms with van der Waals surface area (Å²) in [6, 6.07) is 0. The van der Waals surface area contributed by atoms with Gasteiger partial charge in [-0.05, 0) is 79.4 Å². The molecular weight excluding hydrogens is 260 g/mol. The minimum Gasteiger partial charge on any atom is -0.393 e. The van der Waals surface area contributed by atoms with Crippen LogP contribution in [0.3, 0.4) is 0 Å². The number of fused-ring (bicyclic) bond motifs is 5. The molecule has 4 saturated carbocycles. The van der Waals surface area contributed by atoms with Gasteiger partial charge in [0, 0.05) is 12.8 Å². The summed E-state index contributed by atoms with van der Waals surface area (Å²) in [5.74, 6) is 3.52. The molecule has 21 heavy (non-hydrogen) atoms. The van der Waals surface area contributed by atoms with Gasteiger partial charge in [0.1, 0.15) is 5.78 Å². The van der Waals surface area contributed by atoms with Gasteiger partial charge in [0.15, 0.2) is 0 Å². The predicted octanol–water partition coefficient (Wildman–Crippen LogP) is 3.96. The van der Waals surface area contributed by atoms with Gasteiger partial charge in [-0.2, -0.15) is 0 Å². The first-order chi connectivity index (χ1) is 9.95. The maximum absolute atomic E-state index is 11.9. The van der Waals surface area contributed by atoms with Crippen LogP contribution in [0.1, 0.15) is 71.6 Å². The van der Waals surface area contributed by atoms with Crippen molar-refractivity contribution in [3.8, 4) is 0 Å². The van der Waals surface area contributed by atoms with Crippen LogP contribution in [0.5, 0.6) is 0 Å². The lowest BCUT2D eigenvalue weighted by Gasteiger charge is -2.60. The van der Waals surface area contributed by atoms with Crippen LogP contribution < -0.4 is 0 Å². The molecule has 4 aliphatic carbocycles. The summed E-state index contributed by atoms with van der Waals surface area (Å²) in [6.07, 6.45) is 10.0. The first-order valence-electron chi connectivity index (χ1n) is 9.15. The molecule has 0 aromatic heterocycles. The van der Waals surface area contributed by atoms with Gasteiger partial charge in [-0.15, -0.1) is 0 Å². The molecule has 0 bridgehead atoms. The molecule has 0 unspecified atom stereocenters. The van der Waals surface area contributed by atoms with Crippen LogP contribution in [-0.2, 0) is 4.79 Å². The predicted molar refractivity (Wildman–Crippen MR) is 82.7 cm³/mol. The fraction of sp³-hybridized carbons (Fsp3) is 0.947. The first-order valence-corrected chi connectivity index (χ1v) is 9.15. The molecule has 2 nitrogen and oxygen atoms in total. The second kappa shape index (κ2) is 4.57. The number of carbonyl (C=O) groups excluding carboxylic acids is 1. The third-order valence-electron chi connectivity index (χ3n) is 8.43. The lowest BCUT2D eigenvalue weighted by Crippen LogP contribution is -2.54. The van der Waals surface area contributed by atoms with E-state index in [4.69, 9.17) is 0 Å². The summed E-state index contributed by atoms with van der Waals surface area (Å²) >= 11 is 0. The molecule has 0 heterocycles. The molecule has 0 spiro atoms. The van der Waals surface area contributed by atoms with Crippen LogP contribution in [0, 0.1) is 34.5 Å². The van der Waals surface area contributed by atoms with Crippen LogP contribution in [0.25, 0.3) is 0 Å². The Morgan fingerprint density at radius 3 is 2.52 bits per heavy atom. The molecule has 0 amide bonds. The van der Waals surface area contributed by atoms with Gasteiger partial charge in [-0.3, -0.25) is 4.79 Å². The largest absolute Gasteiger partial charge is 0.393 e. The van der Waals surface area contributed by atoms with E-state index in [1.165, 1.54) is 32.1 Å². The quantitative estimate of drug-likeness (QED) is 0.733. The van der Waals surface area contributed by atoms with E-state index in [9.17, 15) is 9.90 Å². The molecule has 2 heteroatoms. The van der Waals surface area contributed by atoms with Crippen molar-refractivity contribution >= 4 is 5.78 Å². The fourth-order valence-corrected chi connectivity index (χ4v) is 7.02. The molecule has 0 aromatic carbocycles. The molecule has 1 N–H and O–H groups in total. The molecule has 4 fully saturated rings. The van der Waals surface area contributed by atoms with E-state index in [1.807, 2.05) is 0 Å². The van der Waals surface area contributed by atoms with Gasteiger partial charge in [-0.25, -0.2) is 0 Å². The number of hydrogen-bond donors (Lipinski definition) is 1. The third kappa shape index (κ3) is 1.84. The van der Waals surface area contributed by atoms with Gasteiger partial charge < -0.3 is 5.11 Å². The summed E-state index contributed by atoms with van der Waals surface area (Å²) in [4.78, 5) is 11.9. The van der Waals surface area contributed by atoms with E-state index in [1.54, 1.807) is 0 Å². The van der Waals surface area contributed by atoms with Crippen molar-refractivity contribution < 1.29 is 9.90 Å². The normalized spacial score (nSPS) is 56.5. The van der Waals surface area contributed by atoms with Crippen molar-refractivity contribution in [1.29, 1.82) is 0 Å². The van der Waals surface area contributed by atoms with Gasteiger partial charge in [0.2, 0.25) is 0 Å². The molecule has 7 atom stereocenters. The fourth-order valence-electron chi connectivity index (χ4n) is 7.02. The van der Waals surface area contributed by atoms with Crippen molar-refractivity contribution in [2.75, 3.05) is 0 Å². The Bertz CT molecular complexity index is 458. The molecule has 0 saturated heterocycles. The van der Waals surface area contributed by atoms with Gasteiger partial charge in [-0.1, -0.05) is 13.8 Å². The highest BCUT2D eigenvalue weighted by molar-refractivity contribution is 5.79. The highest BCUT2D eigenvalue weighted by atomic mass is 16.3. The Morgan fingerprint density at radius 1 is 0.952 bits per heavy atom. The highest BCUT2D eigenvalue weighted by Gasteiger charge is 2.59. The number of Topliss-reactive ketones (excluding diaryl/α,β-unsaturated/α-hetero) is 1. The van der Waals surface area contributed by atoms with Crippen molar-refractivity contribution in [3.63, 3.8) is 0 Å². The zero-order valence-corrected chi connectivity index (χ0v) is 13.6. The van der Waals surface area contributed by atoms with Crippen LogP contribution in [0.2, 0.25) is 0 Å². The molecule has 118 valence electrons. The number of ketones is 1. The summed E-state index contributed by atoms with van der Waals surface area (Å²) in [7, 11) is 0. The van der Waals surface area contributed by atoms with E-state index in [-0.39, 0.29) is 11.5 Å². The van der Waals surface area contributed by atoms with E-state index in [0.29, 0.717) is 17.1 Å². The zero-order chi connectivity index (χ0) is 14.8. The SMILES string of the molecule is C[C@]12CCC(=O)C[C@H]1CC[C@@H]1[C@@H]2CC[C@]2(C)[C@H](O)CC[C@@H]12. The van der Waals surface area contributed by atoms with Crippen molar-refractivity contribution in [1.82, 2.24) is 0 Å². The van der Waals surface area contributed by atoms with Crippen molar-refractivity contribution in [2.45, 2.75) is 77.7 Å². The van der Waals surface area contributed by atoms with E-state index >= 15 is 0 Å².